The smallest absolute Gasteiger partial charge is 0.255 e. The fraction of sp³-hybridized carbons (Fsp3) is 0.0870. The maximum Gasteiger partial charge on any atom is 0.255 e. The molecule has 0 saturated carbocycles. The van der Waals surface area contributed by atoms with Crippen LogP contribution in [0.1, 0.15) is 32.6 Å². The van der Waals surface area contributed by atoms with Crippen molar-refractivity contribution in [1.82, 2.24) is 4.90 Å². The first kappa shape index (κ1) is 14.2. The zero-order valence-corrected chi connectivity index (χ0v) is 13.9. The predicted molar refractivity (Wildman–Crippen MR) is 100 cm³/mol. The van der Waals surface area contributed by atoms with Crippen molar-refractivity contribution >= 4 is 17.6 Å². The summed E-state index contributed by atoms with van der Waals surface area (Å²) in [7, 11) is 1.92. The normalized spacial score (nSPS) is 20.6. The molecule has 1 aliphatic heterocycles. The lowest BCUT2D eigenvalue weighted by Crippen LogP contribution is -2.41. The predicted octanol–water partition coefficient (Wildman–Crippen LogP) is 4.57. The van der Waals surface area contributed by atoms with Crippen molar-refractivity contribution in [3.05, 3.63) is 107 Å². The molecular weight excluding hydrogens is 306 g/mol. The number of rotatable bonds is 1. The van der Waals surface area contributed by atoms with Crippen molar-refractivity contribution in [2.24, 2.45) is 0 Å². The van der Waals surface area contributed by atoms with Crippen molar-refractivity contribution < 1.29 is 4.79 Å². The number of amides is 1. The van der Waals surface area contributed by atoms with Crippen LogP contribution in [-0.4, -0.2) is 17.9 Å². The van der Waals surface area contributed by atoms with Crippen LogP contribution in [0.4, 0.5) is 0 Å². The minimum atomic E-state index is -0.550. The summed E-state index contributed by atoms with van der Waals surface area (Å²) in [5.41, 5.74) is 5.98. The van der Waals surface area contributed by atoms with E-state index in [4.69, 9.17) is 0 Å². The number of likely N-dealkylation sites (N-methyl/N-ethyl adjacent to an activating group) is 1. The van der Waals surface area contributed by atoms with Crippen LogP contribution >= 0.6 is 0 Å². The standard InChI is InChI=1S/C23H17NO/c1-24-22(25)18-12-6-8-14-20(18)23(24)19-13-7-5-11-17(19)15-21(23)16-9-3-2-4-10-16/h2-15H,1H3/t23-/m0/s1. The molecule has 3 aromatic carbocycles. The minimum Gasteiger partial charge on any atom is -0.324 e. The van der Waals surface area contributed by atoms with E-state index in [1.54, 1.807) is 0 Å². The summed E-state index contributed by atoms with van der Waals surface area (Å²) in [6, 6.07) is 26.8. The molecule has 1 amide bonds. The van der Waals surface area contributed by atoms with Crippen molar-refractivity contribution in [2.45, 2.75) is 5.54 Å². The molecule has 2 aliphatic rings. The van der Waals surface area contributed by atoms with Crippen LogP contribution in [0.5, 0.6) is 0 Å². The van der Waals surface area contributed by atoms with E-state index in [1.165, 1.54) is 11.1 Å². The van der Waals surface area contributed by atoms with Gasteiger partial charge in [0, 0.05) is 12.6 Å². The molecule has 0 N–H and O–H groups in total. The van der Waals surface area contributed by atoms with E-state index in [9.17, 15) is 4.79 Å². The van der Waals surface area contributed by atoms with Crippen molar-refractivity contribution in [3.63, 3.8) is 0 Å². The number of hydrogen-bond acceptors (Lipinski definition) is 1. The molecule has 0 aromatic heterocycles. The second kappa shape index (κ2) is 4.93. The average molecular weight is 323 g/mol. The summed E-state index contributed by atoms with van der Waals surface area (Å²) >= 11 is 0. The van der Waals surface area contributed by atoms with E-state index >= 15 is 0 Å². The Labute approximate surface area is 147 Å². The second-order valence-electron chi connectivity index (χ2n) is 6.63. The van der Waals surface area contributed by atoms with Gasteiger partial charge in [-0.05, 0) is 40.0 Å². The third kappa shape index (κ3) is 1.66. The largest absolute Gasteiger partial charge is 0.324 e. The average Bonchev–Trinajstić information content (AvgIpc) is 3.13. The molecule has 1 atom stereocenters. The summed E-state index contributed by atoms with van der Waals surface area (Å²) in [6.07, 6.45) is 2.23. The van der Waals surface area contributed by atoms with Gasteiger partial charge in [-0.3, -0.25) is 4.79 Å². The van der Waals surface area contributed by atoms with Gasteiger partial charge in [-0.25, -0.2) is 0 Å². The van der Waals surface area contributed by atoms with Gasteiger partial charge in [-0.15, -0.1) is 0 Å². The van der Waals surface area contributed by atoms with Crippen LogP contribution in [0.15, 0.2) is 78.9 Å². The van der Waals surface area contributed by atoms with Gasteiger partial charge in [0.05, 0.1) is 0 Å². The zero-order chi connectivity index (χ0) is 17.0. The lowest BCUT2D eigenvalue weighted by atomic mass is 9.77. The first-order chi connectivity index (χ1) is 12.2. The number of hydrogen-bond donors (Lipinski definition) is 0. The van der Waals surface area contributed by atoms with E-state index < -0.39 is 5.54 Å². The molecule has 3 aromatic rings. The first-order valence-electron chi connectivity index (χ1n) is 8.49. The van der Waals surface area contributed by atoms with Crippen LogP contribution in [0.2, 0.25) is 0 Å². The highest BCUT2D eigenvalue weighted by atomic mass is 16.2. The molecule has 0 saturated heterocycles. The van der Waals surface area contributed by atoms with Crippen LogP contribution < -0.4 is 0 Å². The van der Waals surface area contributed by atoms with Crippen molar-refractivity contribution in [3.8, 4) is 0 Å². The Bertz CT molecular complexity index is 1030. The van der Waals surface area contributed by atoms with E-state index in [-0.39, 0.29) is 5.91 Å². The number of carbonyl (C=O) groups excluding carboxylic acids is 1. The van der Waals surface area contributed by atoms with Gasteiger partial charge >= 0.3 is 0 Å². The lowest BCUT2D eigenvalue weighted by Gasteiger charge is -2.37. The summed E-state index contributed by atoms with van der Waals surface area (Å²) in [5.74, 6) is 0.0779. The van der Waals surface area contributed by atoms with Gasteiger partial charge in [-0.2, -0.15) is 0 Å². The third-order valence-electron chi connectivity index (χ3n) is 5.48. The fourth-order valence-corrected chi connectivity index (χ4v) is 4.42. The molecule has 1 heterocycles. The molecular formula is C23H17NO. The van der Waals surface area contributed by atoms with Gasteiger partial charge in [0.15, 0.2) is 0 Å². The summed E-state index contributed by atoms with van der Waals surface area (Å²) in [4.78, 5) is 14.9. The van der Waals surface area contributed by atoms with Crippen LogP contribution in [0, 0.1) is 0 Å². The quantitative estimate of drug-likeness (QED) is 0.642. The molecule has 2 heteroatoms. The molecule has 5 rings (SSSR count). The Morgan fingerprint density at radius 1 is 0.760 bits per heavy atom. The summed E-state index contributed by atoms with van der Waals surface area (Å²) < 4.78 is 0. The van der Waals surface area contributed by atoms with Crippen LogP contribution in [-0.2, 0) is 5.54 Å². The molecule has 0 radical (unpaired) electrons. The highest BCUT2D eigenvalue weighted by molar-refractivity contribution is 6.08. The Morgan fingerprint density at radius 3 is 2.20 bits per heavy atom. The summed E-state index contributed by atoms with van der Waals surface area (Å²) in [6.45, 7) is 0. The van der Waals surface area contributed by atoms with Gasteiger partial charge < -0.3 is 4.90 Å². The van der Waals surface area contributed by atoms with Crippen molar-refractivity contribution in [2.75, 3.05) is 7.05 Å². The highest BCUT2D eigenvalue weighted by Gasteiger charge is 2.54. The Morgan fingerprint density at radius 2 is 1.40 bits per heavy atom. The molecule has 2 nitrogen and oxygen atoms in total. The highest BCUT2D eigenvalue weighted by Crippen LogP contribution is 2.56. The van der Waals surface area contributed by atoms with Gasteiger partial charge in [-0.1, -0.05) is 72.8 Å². The van der Waals surface area contributed by atoms with E-state index in [0.717, 1.165) is 22.3 Å². The minimum absolute atomic E-state index is 0.0779. The number of benzene rings is 3. The SMILES string of the molecule is CN1C(=O)c2ccccc2[C@@]12C(c1ccccc1)=Cc1ccccc12. The number of nitrogens with zero attached hydrogens (tertiary/aromatic N) is 1. The Balaban J connectivity index is 1.90. The van der Waals surface area contributed by atoms with E-state index in [2.05, 4.69) is 60.7 Å². The molecule has 1 aliphatic carbocycles. The third-order valence-corrected chi connectivity index (χ3v) is 5.48. The maximum atomic E-state index is 13.0. The van der Waals surface area contributed by atoms with Crippen LogP contribution in [0.25, 0.3) is 11.6 Å². The maximum absolute atomic E-state index is 13.0. The molecule has 0 unspecified atom stereocenters. The molecule has 0 bridgehead atoms. The van der Waals surface area contributed by atoms with Crippen LogP contribution in [0.3, 0.4) is 0 Å². The van der Waals surface area contributed by atoms with Gasteiger partial charge in [0.2, 0.25) is 0 Å². The summed E-state index contributed by atoms with van der Waals surface area (Å²) in [5, 5.41) is 0. The fourth-order valence-electron chi connectivity index (χ4n) is 4.42. The van der Waals surface area contributed by atoms with E-state index in [0.29, 0.717) is 0 Å². The lowest BCUT2D eigenvalue weighted by molar-refractivity contribution is 0.0753. The molecule has 0 fully saturated rings. The van der Waals surface area contributed by atoms with Crippen molar-refractivity contribution in [1.29, 1.82) is 0 Å². The molecule has 120 valence electrons. The zero-order valence-electron chi connectivity index (χ0n) is 13.9. The molecule has 1 spiro atoms. The number of carbonyl (C=O) groups is 1. The number of fused-ring (bicyclic) bond motifs is 4. The molecule has 25 heavy (non-hydrogen) atoms. The first-order valence-corrected chi connectivity index (χ1v) is 8.49. The van der Waals surface area contributed by atoms with Gasteiger partial charge in [0.1, 0.15) is 5.54 Å². The monoisotopic (exact) mass is 323 g/mol. The second-order valence-corrected chi connectivity index (χ2v) is 6.63. The Hall–Kier alpha value is -3.13. The van der Waals surface area contributed by atoms with E-state index in [1.807, 2.05) is 36.2 Å². The topological polar surface area (TPSA) is 20.3 Å². The van der Waals surface area contributed by atoms with Gasteiger partial charge in [0.25, 0.3) is 5.91 Å². The Kier molecular flexibility index (Phi) is 2.81.